The maximum atomic E-state index is 13.3. The highest BCUT2D eigenvalue weighted by Crippen LogP contribution is 2.42. The first kappa shape index (κ1) is 22.6. The van der Waals surface area contributed by atoms with E-state index in [1.807, 2.05) is 73.7 Å². The third-order valence-corrected chi connectivity index (χ3v) is 7.05. The summed E-state index contributed by atoms with van der Waals surface area (Å²) in [5.41, 5.74) is 1.78. The highest BCUT2D eigenvalue weighted by molar-refractivity contribution is 7.21. The molecule has 0 amide bonds. The van der Waals surface area contributed by atoms with E-state index in [0.717, 1.165) is 41.0 Å². The zero-order valence-corrected chi connectivity index (χ0v) is 19.8. The number of likely N-dealkylation sites (tertiary alicyclic amines) is 1. The molecule has 34 heavy (non-hydrogen) atoms. The molecule has 4 aromatic rings. The van der Waals surface area contributed by atoms with E-state index in [9.17, 15) is 9.18 Å². The van der Waals surface area contributed by atoms with Crippen LogP contribution in [0.3, 0.4) is 0 Å². The minimum absolute atomic E-state index is 0.0447. The third-order valence-electron chi connectivity index (χ3n) is 5.92. The molecule has 0 N–H and O–H groups in total. The summed E-state index contributed by atoms with van der Waals surface area (Å²) in [7, 11) is 0. The number of carbonyl (C=O) groups is 1. The number of aryl methyl sites for hydroxylation is 1. The van der Waals surface area contributed by atoms with Crippen molar-refractivity contribution >= 4 is 27.2 Å². The van der Waals surface area contributed by atoms with Crippen molar-refractivity contribution in [1.29, 1.82) is 0 Å². The molecule has 1 aliphatic heterocycles. The number of thiophene rings is 1. The summed E-state index contributed by atoms with van der Waals surface area (Å²) >= 11 is 1.46. The van der Waals surface area contributed by atoms with Gasteiger partial charge in [-0.3, -0.25) is 14.1 Å². The largest absolute Gasteiger partial charge is 0.488 e. The Balaban J connectivity index is 1.35. The Morgan fingerprint density at radius 2 is 1.76 bits per heavy atom. The van der Waals surface area contributed by atoms with Crippen molar-refractivity contribution in [1.82, 2.24) is 4.90 Å². The zero-order valence-electron chi connectivity index (χ0n) is 19.0. The Morgan fingerprint density at radius 1 is 1.03 bits per heavy atom. The number of benzene rings is 3. The molecule has 0 spiro atoms. The summed E-state index contributed by atoms with van der Waals surface area (Å²) in [5.74, 6) is 1.96. The van der Waals surface area contributed by atoms with Crippen LogP contribution in [0.2, 0.25) is 0 Å². The topological polar surface area (TPSA) is 38.8 Å². The van der Waals surface area contributed by atoms with Gasteiger partial charge in [0.25, 0.3) is 0 Å². The molecule has 0 unspecified atom stereocenters. The number of carbonyl (C=O) groups excluding carboxylic acids is 1. The summed E-state index contributed by atoms with van der Waals surface area (Å²) in [6, 6.07) is 22.9. The van der Waals surface area contributed by atoms with Crippen molar-refractivity contribution in [3.63, 3.8) is 0 Å². The predicted octanol–water partition coefficient (Wildman–Crippen LogP) is 6.66. The van der Waals surface area contributed by atoms with Gasteiger partial charge in [-0.15, -0.1) is 11.3 Å². The van der Waals surface area contributed by atoms with Crippen LogP contribution in [0.15, 0.2) is 72.8 Å². The quantitative estimate of drug-likeness (QED) is 0.254. The van der Waals surface area contributed by atoms with Crippen LogP contribution in [0.4, 0.5) is 4.39 Å². The molecular formula is C28H26FNO3S. The van der Waals surface area contributed by atoms with E-state index in [1.165, 1.54) is 11.3 Å². The standard InChI is InChI=1S/C28H26FNO3S/c1-19-8-13-24-25(16-19)34-28(26(31)20-6-3-2-4-7-20)27(24)33-22-11-9-21(10-12-22)32-23-17-30(18-23)15-5-14-29/h2-4,6-13,16,23H,5,14-15,17-18H2,1H3. The number of fused-ring (bicyclic) bond motifs is 1. The highest BCUT2D eigenvalue weighted by Gasteiger charge is 2.28. The van der Waals surface area contributed by atoms with E-state index in [-0.39, 0.29) is 18.6 Å². The molecule has 1 aromatic heterocycles. The predicted molar refractivity (Wildman–Crippen MR) is 134 cm³/mol. The first-order chi connectivity index (χ1) is 16.6. The second-order valence-electron chi connectivity index (χ2n) is 8.57. The number of ketones is 1. The van der Waals surface area contributed by atoms with Crippen LogP contribution in [-0.2, 0) is 0 Å². The SMILES string of the molecule is Cc1ccc2c(Oc3ccc(OC4CN(CCCF)C4)cc3)c(C(=O)c3ccccc3)sc2c1. The number of nitrogens with zero attached hydrogens (tertiary/aromatic N) is 1. The molecule has 174 valence electrons. The Morgan fingerprint density at radius 3 is 2.50 bits per heavy atom. The number of halogens is 1. The molecule has 0 saturated carbocycles. The monoisotopic (exact) mass is 475 g/mol. The van der Waals surface area contributed by atoms with Gasteiger partial charge in [0.2, 0.25) is 5.78 Å². The number of ether oxygens (including phenoxy) is 2. The first-order valence-electron chi connectivity index (χ1n) is 11.5. The molecule has 5 rings (SSSR count). The van der Waals surface area contributed by atoms with Crippen LogP contribution < -0.4 is 9.47 Å². The minimum atomic E-state index is -0.277. The zero-order chi connectivity index (χ0) is 23.5. The number of rotatable bonds is 9. The van der Waals surface area contributed by atoms with Gasteiger partial charge in [-0.05, 0) is 55.3 Å². The fraction of sp³-hybridized carbons (Fsp3) is 0.250. The molecule has 4 nitrogen and oxygen atoms in total. The summed E-state index contributed by atoms with van der Waals surface area (Å²) in [6.07, 6.45) is 0.704. The lowest BCUT2D eigenvalue weighted by molar-refractivity contribution is 0.0184. The maximum absolute atomic E-state index is 13.3. The van der Waals surface area contributed by atoms with Crippen molar-refractivity contribution in [2.75, 3.05) is 26.3 Å². The fourth-order valence-corrected chi connectivity index (χ4v) is 5.30. The number of hydrogen-bond donors (Lipinski definition) is 0. The van der Waals surface area contributed by atoms with Crippen molar-refractivity contribution in [2.24, 2.45) is 0 Å². The van der Waals surface area contributed by atoms with Crippen molar-refractivity contribution in [3.05, 3.63) is 88.8 Å². The number of hydrogen-bond acceptors (Lipinski definition) is 5. The van der Waals surface area contributed by atoms with Gasteiger partial charge in [0, 0.05) is 35.3 Å². The van der Waals surface area contributed by atoms with Gasteiger partial charge in [0.1, 0.15) is 22.5 Å². The highest BCUT2D eigenvalue weighted by atomic mass is 32.1. The normalized spacial score (nSPS) is 14.2. The summed E-state index contributed by atoms with van der Waals surface area (Å²) in [6.45, 7) is 4.19. The molecule has 0 aliphatic carbocycles. The van der Waals surface area contributed by atoms with Gasteiger partial charge in [-0.25, -0.2) is 0 Å². The summed E-state index contributed by atoms with van der Waals surface area (Å²) < 4.78 is 25.6. The Kier molecular flexibility index (Phi) is 6.61. The molecule has 1 fully saturated rings. The number of alkyl halides is 1. The average molecular weight is 476 g/mol. The van der Waals surface area contributed by atoms with Crippen LogP contribution in [0.25, 0.3) is 10.1 Å². The maximum Gasteiger partial charge on any atom is 0.206 e. The summed E-state index contributed by atoms with van der Waals surface area (Å²) in [5, 5.41) is 0.929. The van der Waals surface area contributed by atoms with E-state index in [2.05, 4.69) is 11.0 Å². The minimum Gasteiger partial charge on any atom is -0.488 e. The van der Waals surface area contributed by atoms with E-state index in [1.54, 1.807) is 0 Å². The fourth-order valence-electron chi connectivity index (χ4n) is 4.11. The molecule has 1 saturated heterocycles. The van der Waals surface area contributed by atoms with Gasteiger partial charge in [0.15, 0.2) is 5.75 Å². The van der Waals surface area contributed by atoms with Crippen molar-refractivity contribution < 1.29 is 18.7 Å². The summed E-state index contributed by atoms with van der Waals surface area (Å²) in [4.78, 5) is 16.1. The van der Waals surface area contributed by atoms with Crippen molar-refractivity contribution in [2.45, 2.75) is 19.4 Å². The van der Waals surface area contributed by atoms with Crippen LogP contribution in [0.1, 0.15) is 27.2 Å². The van der Waals surface area contributed by atoms with Crippen LogP contribution in [0.5, 0.6) is 17.2 Å². The van der Waals surface area contributed by atoms with Gasteiger partial charge < -0.3 is 9.47 Å². The molecule has 2 heterocycles. The molecule has 0 atom stereocenters. The smallest absolute Gasteiger partial charge is 0.206 e. The van der Waals surface area contributed by atoms with Gasteiger partial charge >= 0.3 is 0 Å². The molecule has 0 radical (unpaired) electrons. The van der Waals surface area contributed by atoms with E-state index < -0.39 is 0 Å². The third kappa shape index (κ3) is 4.83. The van der Waals surface area contributed by atoms with E-state index in [4.69, 9.17) is 9.47 Å². The Bertz CT molecular complexity index is 1280. The molecule has 1 aliphatic rings. The van der Waals surface area contributed by atoms with E-state index in [0.29, 0.717) is 28.4 Å². The molecular weight excluding hydrogens is 449 g/mol. The molecule has 6 heteroatoms. The lowest BCUT2D eigenvalue weighted by atomic mass is 10.1. The van der Waals surface area contributed by atoms with Crippen LogP contribution in [0, 0.1) is 6.92 Å². The Hall–Kier alpha value is -3.22. The first-order valence-corrected chi connectivity index (χ1v) is 12.3. The van der Waals surface area contributed by atoms with Crippen LogP contribution >= 0.6 is 11.3 Å². The van der Waals surface area contributed by atoms with Gasteiger partial charge in [0.05, 0.1) is 6.67 Å². The Labute approximate surface area is 202 Å². The van der Waals surface area contributed by atoms with Crippen molar-refractivity contribution in [3.8, 4) is 17.2 Å². The molecule has 0 bridgehead atoms. The second-order valence-corrected chi connectivity index (χ2v) is 9.62. The molecule has 3 aromatic carbocycles. The average Bonchev–Trinajstić information content (AvgIpc) is 3.18. The van der Waals surface area contributed by atoms with Gasteiger partial charge in [-0.2, -0.15) is 0 Å². The lowest BCUT2D eigenvalue weighted by Crippen LogP contribution is -2.53. The van der Waals surface area contributed by atoms with Gasteiger partial charge in [-0.1, -0.05) is 36.4 Å². The van der Waals surface area contributed by atoms with Crippen LogP contribution in [-0.4, -0.2) is 43.1 Å². The van der Waals surface area contributed by atoms with E-state index >= 15 is 0 Å². The second kappa shape index (κ2) is 9.95. The lowest BCUT2D eigenvalue weighted by Gasteiger charge is -2.38.